The molecule has 0 aromatic rings. The van der Waals surface area contributed by atoms with E-state index in [-0.39, 0.29) is 19.5 Å². The van der Waals surface area contributed by atoms with Gasteiger partial charge in [-0.2, -0.15) is 11.8 Å². The number of rotatable bonds is 7. The molecule has 0 heterocycles. The van der Waals surface area contributed by atoms with Crippen LogP contribution in [0.2, 0.25) is 0 Å². The second-order valence-corrected chi connectivity index (χ2v) is 4.21. The second kappa shape index (κ2) is 13.7. The minimum absolute atomic E-state index is 0. The maximum absolute atomic E-state index is 10.1. The molecule has 2 unspecified atom stereocenters. The molecule has 19 heavy (non-hydrogen) atoms. The van der Waals surface area contributed by atoms with Crippen molar-refractivity contribution in [2.24, 2.45) is 11.5 Å². The summed E-state index contributed by atoms with van der Waals surface area (Å²) >= 11 is 1.60. The summed E-state index contributed by atoms with van der Waals surface area (Å²) in [7, 11) is 0. The number of carboxylic acid groups (broad SMARTS) is 3. The van der Waals surface area contributed by atoms with Crippen LogP contribution in [0.1, 0.15) is 12.8 Å². The zero-order valence-corrected chi connectivity index (χ0v) is 14.3. The van der Waals surface area contributed by atoms with E-state index in [0.717, 1.165) is 5.75 Å². The predicted octanol–water partition coefficient (Wildman–Crippen LogP) is -3.65. The van der Waals surface area contributed by atoms with Crippen LogP contribution in [0.25, 0.3) is 0 Å². The minimum Gasteiger partial charge on any atom is -0.550 e. The van der Waals surface area contributed by atoms with E-state index >= 15 is 0 Å². The van der Waals surface area contributed by atoms with E-state index < -0.39 is 36.4 Å². The maximum Gasteiger partial charge on any atom is 2.00 e. The zero-order chi connectivity index (χ0) is 14.7. The van der Waals surface area contributed by atoms with Crippen molar-refractivity contribution in [3.05, 3.63) is 0 Å². The Balaban J connectivity index is -0.000000256. The topological polar surface area (TPSA) is 170 Å². The number of aliphatic carboxylic acids is 3. The van der Waals surface area contributed by atoms with Gasteiger partial charge in [-0.1, -0.05) is 0 Å². The molecule has 5 N–H and O–H groups in total. The second-order valence-electron chi connectivity index (χ2n) is 3.23. The van der Waals surface area contributed by atoms with Gasteiger partial charge in [0, 0.05) is 18.4 Å². The number of carbonyl (C=O) groups excluding carboxylic acids is 2. The number of nitrogens with two attached hydrogens (primary N) is 2. The van der Waals surface area contributed by atoms with Gasteiger partial charge in [0.25, 0.3) is 0 Å². The molecule has 0 aromatic heterocycles. The van der Waals surface area contributed by atoms with Crippen LogP contribution in [-0.4, -0.2) is 47.1 Å². The molecule has 0 fully saturated rings. The van der Waals surface area contributed by atoms with E-state index in [1.54, 1.807) is 11.8 Å². The van der Waals surface area contributed by atoms with Crippen molar-refractivity contribution in [3.8, 4) is 0 Å². The molecule has 10 heteroatoms. The van der Waals surface area contributed by atoms with E-state index in [1.807, 2.05) is 6.26 Å². The van der Waals surface area contributed by atoms with Crippen molar-refractivity contribution >= 4 is 29.7 Å². The third-order valence-corrected chi connectivity index (χ3v) is 2.28. The molecule has 0 aliphatic carbocycles. The Hall–Kier alpha value is -0.697. The van der Waals surface area contributed by atoms with Crippen LogP contribution < -0.4 is 21.7 Å². The molecule has 0 aliphatic heterocycles. The van der Waals surface area contributed by atoms with Crippen LogP contribution in [0.5, 0.6) is 0 Å². The van der Waals surface area contributed by atoms with Crippen molar-refractivity contribution in [3.63, 3.8) is 0 Å². The van der Waals surface area contributed by atoms with Crippen molar-refractivity contribution in [1.29, 1.82) is 0 Å². The summed E-state index contributed by atoms with van der Waals surface area (Å²) in [6.07, 6.45) is 1.77. The van der Waals surface area contributed by atoms with E-state index in [2.05, 4.69) is 0 Å². The molecule has 2 atom stereocenters. The number of thioether (sulfide) groups is 1. The van der Waals surface area contributed by atoms with Crippen molar-refractivity contribution in [1.82, 2.24) is 0 Å². The summed E-state index contributed by atoms with van der Waals surface area (Å²) in [6, 6.07) is -2.15. The summed E-state index contributed by atoms with van der Waals surface area (Å²) in [5, 5.41) is 27.6. The fourth-order valence-corrected chi connectivity index (χ4v) is 1.12. The molecule has 106 valence electrons. The molecule has 0 radical (unpaired) electrons. The Kier molecular flexibility index (Phi) is 16.9. The maximum atomic E-state index is 10.1. The quantitative estimate of drug-likeness (QED) is 0.393. The number of carbonyl (C=O) groups is 3. The summed E-state index contributed by atoms with van der Waals surface area (Å²) < 4.78 is 0. The summed E-state index contributed by atoms with van der Waals surface area (Å²) in [5.74, 6) is -3.18. The number of carboxylic acids is 3. The first-order valence-electron chi connectivity index (χ1n) is 4.86. The van der Waals surface area contributed by atoms with Crippen LogP contribution in [0.4, 0.5) is 0 Å². The van der Waals surface area contributed by atoms with Gasteiger partial charge in [0.2, 0.25) is 0 Å². The van der Waals surface area contributed by atoms with Crippen LogP contribution >= 0.6 is 11.8 Å². The molecule has 0 aliphatic rings. The molecule has 0 saturated carbocycles. The Labute approximate surface area is 127 Å². The first-order chi connectivity index (χ1) is 8.22. The summed E-state index contributed by atoms with van der Waals surface area (Å²) in [4.78, 5) is 29.4. The summed E-state index contributed by atoms with van der Waals surface area (Å²) in [6.45, 7) is 0. The van der Waals surface area contributed by atoms with E-state index in [9.17, 15) is 24.6 Å². The van der Waals surface area contributed by atoms with Gasteiger partial charge in [0.1, 0.15) is 6.04 Å². The van der Waals surface area contributed by atoms with Gasteiger partial charge in [-0.25, -0.2) is 0 Å². The van der Waals surface area contributed by atoms with Gasteiger partial charge in [0.05, 0.1) is 5.97 Å². The molecule has 0 spiro atoms. The number of hydrogen-bond acceptors (Lipinski definition) is 8. The molecular weight excluding hydrogens is 330 g/mol. The van der Waals surface area contributed by atoms with E-state index in [1.165, 1.54) is 0 Å². The van der Waals surface area contributed by atoms with Crippen molar-refractivity contribution in [2.75, 3.05) is 12.0 Å². The molecule has 0 aromatic carbocycles. The number of hydrogen-bond donors (Lipinski definition) is 3. The molecule has 0 saturated heterocycles. The van der Waals surface area contributed by atoms with Gasteiger partial charge < -0.3 is 36.4 Å². The Bertz CT molecular complexity index is 292. The Morgan fingerprint density at radius 1 is 1.21 bits per heavy atom. The third kappa shape index (κ3) is 17.3. The molecule has 0 bridgehead atoms. The molecular formula is C9H16N2O6SZn. The predicted molar refractivity (Wildman–Crippen MR) is 61.2 cm³/mol. The monoisotopic (exact) mass is 344 g/mol. The Morgan fingerprint density at radius 3 is 1.89 bits per heavy atom. The van der Waals surface area contributed by atoms with Crippen LogP contribution in [0.15, 0.2) is 0 Å². The first-order valence-corrected chi connectivity index (χ1v) is 6.25. The van der Waals surface area contributed by atoms with Gasteiger partial charge in [-0.15, -0.1) is 0 Å². The average Bonchev–Trinajstić information content (AvgIpc) is 2.25. The summed E-state index contributed by atoms with van der Waals surface area (Å²) in [5.41, 5.74) is 9.92. The van der Waals surface area contributed by atoms with Crippen molar-refractivity contribution in [2.45, 2.75) is 24.9 Å². The van der Waals surface area contributed by atoms with Gasteiger partial charge in [-0.05, 0) is 18.4 Å². The molecule has 0 rings (SSSR count). The van der Waals surface area contributed by atoms with Gasteiger partial charge >= 0.3 is 25.4 Å². The Morgan fingerprint density at radius 2 is 1.68 bits per heavy atom. The van der Waals surface area contributed by atoms with Gasteiger partial charge in [-0.3, -0.25) is 4.79 Å². The van der Waals surface area contributed by atoms with Crippen LogP contribution in [0.3, 0.4) is 0 Å². The van der Waals surface area contributed by atoms with Gasteiger partial charge in [0.15, 0.2) is 0 Å². The standard InChI is InChI=1S/C5H11NO2S.C4H7NO4.Zn/c1-9-3-2-4(6)5(7)8;5-2(4(8)9)1-3(6)7;/h4H,2-3,6H2,1H3,(H,7,8);2H,1,5H2,(H,6,7)(H,8,9);/q;;+2/p-2. The molecule has 8 nitrogen and oxygen atoms in total. The van der Waals surface area contributed by atoms with Crippen molar-refractivity contribution < 1.29 is 49.2 Å². The average molecular weight is 346 g/mol. The third-order valence-electron chi connectivity index (χ3n) is 1.64. The minimum atomic E-state index is -1.58. The van der Waals surface area contributed by atoms with E-state index in [0.29, 0.717) is 6.42 Å². The SMILES string of the molecule is CSCCC(N)C(=O)O.NC(CC(=O)[O-])C(=O)[O-].[Zn+2]. The zero-order valence-electron chi connectivity index (χ0n) is 10.5. The fraction of sp³-hybridized carbons (Fsp3) is 0.667. The van der Waals surface area contributed by atoms with Crippen LogP contribution in [-0.2, 0) is 33.9 Å². The van der Waals surface area contributed by atoms with E-state index in [4.69, 9.17) is 16.6 Å². The smallest absolute Gasteiger partial charge is 0.550 e. The fourth-order valence-electron chi connectivity index (χ4n) is 0.631. The molecule has 0 amide bonds. The first kappa shape index (κ1) is 23.4. The van der Waals surface area contributed by atoms with Crippen LogP contribution in [0, 0.1) is 0 Å². The largest absolute Gasteiger partial charge is 2.00 e. The normalized spacial score (nSPS) is 12.2.